The van der Waals surface area contributed by atoms with Gasteiger partial charge in [-0.15, -0.1) is 0 Å². The summed E-state index contributed by atoms with van der Waals surface area (Å²) in [5.41, 5.74) is 2.12. The van der Waals surface area contributed by atoms with Crippen LogP contribution in [0.3, 0.4) is 0 Å². The standard InChI is InChI=1S/C16H20N2O/c19-16(13-7-2-1-3-8-13)18-12-6-11-17-14-9-4-5-10-15(14)18/h1-2,4-5,9-10,13,17H,3,6-8,11-12H2. The Bertz CT molecular complexity index is 495. The van der Waals surface area contributed by atoms with Crippen molar-refractivity contribution in [2.45, 2.75) is 25.7 Å². The summed E-state index contributed by atoms with van der Waals surface area (Å²) in [5.74, 6) is 0.455. The molecule has 0 radical (unpaired) electrons. The Balaban J connectivity index is 1.87. The van der Waals surface area contributed by atoms with E-state index in [0.29, 0.717) is 5.91 Å². The van der Waals surface area contributed by atoms with Gasteiger partial charge in [-0.2, -0.15) is 0 Å². The number of rotatable bonds is 1. The fourth-order valence-corrected chi connectivity index (χ4v) is 2.91. The van der Waals surface area contributed by atoms with Crippen LogP contribution < -0.4 is 10.2 Å². The van der Waals surface area contributed by atoms with E-state index in [1.54, 1.807) is 0 Å². The van der Waals surface area contributed by atoms with Crippen molar-refractivity contribution in [1.29, 1.82) is 0 Å². The molecule has 3 rings (SSSR count). The topological polar surface area (TPSA) is 32.3 Å². The first kappa shape index (κ1) is 12.3. The van der Waals surface area contributed by atoms with Crippen molar-refractivity contribution >= 4 is 17.3 Å². The van der Waals surface area contributed by atoms with Crippen molar-refractivity contribution in [2.75, 3.05) is 23.3 Å². The molecule has 1 aromatic carbocycles. The molecular weight excluding hydrogens is 236 g/mol. The number of hydrogen-bond acceptors (Lipinski definition) is 2. The van der Waals surface area contributed by atoms with Crippen molar-refractivity contribution in [3.63, 3.8) is 0 Å². The van der Waals surface area contributed by atoms with E-state index in [2.05, 4.69) is 23.5 Å². The lowest BCUT2D eigenvalue weighted by Crippen LogP contribution is -2.37. The molecule has 0 fully saturated rings. The number of allylic oxidation sites excluding steroid dienone is 2. The number of hydrogen-bond donors (Lipinski definition) is 1. The third kappa shape index (κ3) is 2.50. The molecule has 0 saturated carbocycles. The van der Waals surface area contributed by atoms with Gasteiger partial charge in [0.15, 0.2) is 0 Å². The average molecular weight is 256 g/mol. The highest BCUT2D eigenvalue weighted by Crippen LogP contribution is 2.31. The Kier molecular flexibility index (Phi) is 3.53. The smallest absolute Gasteiger partial charge is 0.230 e. The summed E-state index contributed by atoms with van der Waals surface area (Å²) >= 11 is 0. The molecule has 1 N–H and O–H groups in total. The highest BCUT2D eigenvalue weighted by Gasteiger charge is 2.27. The molecule has 0 spiro atoms. The van der Waals surface area contributed by atoms with E-state index in [1.807, 2.05) is 23.1 Å². The van der Waals surface area contributed by atoms with Crippen LogP contribution in [0.1, 0.15) is 25.7 Å². The third-order valence-electron chi connectivity index (χ3n) is 3.95. The van der Waals surface area contributed by atoms with Crippen LogP contribution in [-0.4, -0.2) is 19.0 Å². The Morgan fingerprint density at radius 2 is 2.16 bits per heavy atom. The Labute approximate surface area is 114 Å². The zero-order valence-electron chi connectivity index (χ0n) is 11.1. The molecule has 100 valence electrons. The van der Waals surface area contributed by atoms with Gasteiger partial charge in [-0.3, -0.25) is 4.79 Å². The highest BCUT2D eigenvalue weighted by atomic mass is 16.2. The zero-order chi connectivity index (χ0) is 13.1. The van der Waals surface area contributed by atoms with E-state index in [0.717, 1.165) is 50.1 Å². The summed E-state index contributed by atoms with van der Waals surface area (Å²) < 4.78 is 0. The maximum Gasteiger partial charge on any atom is 0.230 e. The van der Waals surface area contributed by atoms with Crippen LogP contribution in [-0.2, 0) is 4.79 Å². The zero-order valence-corrected chi connectivity index (χ0v) is 11.1. The van der Waals surface area contributed by atoms with Crippen molar-refractivity contribution in [1.82, 2.24) is 0 Å². The van der Waals surface area contributed by atoms with Gasteiger partial charge >= 0.3 is 0 Å². The number of para-hydroxylation sites is 2. The monoisotopic (exact) mass is 256 g/mol. The minimum Gasteiger partial charge on any atom is -0.383 e. The minimum atomic E-state index is 0.163. The summed E-state index contributed by atoms with van der Waals surface area (Å²) in [4.78, 5) is 14.7. The first-order chi connectivity index (χ1) is 9.36. The van der Waals surface area contributed by atoms with E-state index in [-0.39, 0.29) is 5.92 Å². The molecule has 1 unspecified atom stereocenters. The van der Waals surface area contributed by atoms with Crippen molar-refractivity contribution in [3.05, 3.63) is 36.4 Å². The van der Waals surface area contributed by atoms with Gasteiger partial charge in [-0.05, 0) is 37.8 Å². The van der Waals surface area contributed by atoms with E-state index in [4.69, 9.17) is 0 Å². The number of nitrogens with zero attached hydrogens (tertiary/aromatic N) is 1. The lowest BCUT2D eigenvalue weighted by molar-refractivity contribution is -0.122. The first-order valence-corrected chi connectivity index (χ1v) is 7.15. The van der Waals surface area contributed by atoms with E-state index < -0.39 is 0 Å². The largest absolute Gasteiger partial charge is 0.383 e. The lowest BCUT2D eigenvalue weighted by Gasteiger charge is -2.27. The van der Waals surface area contributed by atoms with Gasteiger partial charge in [0.1, 0.15) is 0 Å². The summed E-state index contributed by atoms with van der Waals surface area (Å²) in [6, 6.07) is 8.13. The molecule has 0 saturated heterocycles. The molecule has 1 aromatic rings. The van der Waals surface area contributed by atoms with Crippen LogP contribution in [0.4, 0.5) is 11.4 Å². The molecule has 3 heteroatoms. The second kappa shape index (κ2) is 5.47. The van der Waals surface area contributed by atoms with Crippen LogP contribution in [0.5, 0.6) is 0 Å². The fourth-order valence-electron chi connectivity index (χ4n) is 2.91. The van der Waals surface area contributed by atoms with Crippen LogP contribution in [0.15, 0.2) is 36.4 Å². The lowest BCUT2D eigenvalue weighted by atomic mass is 9.93. The van der Waals surface area contributed by atoms with Gasteiger partial charge in [0.25, 0.3) is 0 Å². The maximum absolute atomic E-state index is 12.7. The van der Waals surface area contributed by atoms with Crippen LogP contribution >= 0.6 is 0 Å². The summed E-state index contributed by atoms with van der Waals surface area (Å²) in [6.45, 7) is 1.76. The molecule has 1 heterocycles. The van der Waals surface area contributed by atoms with Crippen LogP contribution in [0.25, 0.3) is 0 Å². The molecule has 1 aliphatic carbocycles. The SMILES string of the molecule is O=C(C1CC=CCC1)N1CCCNc2ccccc21. The quantitative estimate of drug-likeness (QED) is 0.783. The number of carbonyl (C=O) groups is 1. The van der Waals surface area contributed by atoms with Gasteiger partial charge in [0.2, 0.25) is 5.91 Å². The number of anilines is 2. The van der Waals surface area contributed by atoms with Gasteiger partial charge in [-0.1, -0.05) is 24.3 Å². The second-order valence-corrected chi connectivity index (χ2v) is 5.27. The van der Waals surface area contributed by atoms with Crippen LogP contribution in [0.2, 0.25) is 0 Å². The molecule has 0 aromatic heterocycles. The maximum atomic E-state index is 12.7. The normalized spacial score (nSPS) is 22.3. The van der Waals surface area contributed by atoms with Crippen molar-refractivity contribution in [2.24, 2.45) is 5.92 Å². The highest BCUT2D eigenvalue weighted by molar-refractivity contribution is 5.98. The van der Waals surface area contributed by atoms with E-state index in [9.17, 15) is 4.79 Å². The molecule has 0 bridgehead atoms. The number of fused-ring (bicyclic) bond motifs is 1. The Hall–Kier alpha value is -1.77. The fraction of sp³-hybridized carbons (Fsp3) is 0.438. The van der Waals surface area contributed by atoms with Gasteiger partial charge in [-0.25, -0.2) is 0 Å². The average Bonchev–Trinajstić information content (AvgIpc) is 2.70. The summed E-state index contributed by atoms with van der Waals surface area (Å²) in [6.07, 6.45) is 8.25. The molecule has 1 aliphatic heterocycles. The van der Waals surface area contributed by atoms with E-state index >= 15 is 0 Å². The third-order valence-corrected chi connectivity index (χ3v) is 3.95. The predicted octanol–water partition coefficient (Wildman–Crippen LogP) is 3.19. The predicted molar refractivity (Wildman–Crippen MR) is 78.4 cm³/mol. The molecule has 1 atom stereocenters. The summed E-state index contributed by atoms with van der Waals surface area (Å²) in [7, 11) is 0. The number of carbonyl (C=O) groups excluding carboxylic acids is 1. The number of benzene rings is 1. The van der Waals surface area contributed by atoms with Crippen molar-refractivity contribution < 1.29 is 4.79 Å². The van der Waals surface area contributed by atoms with Crippen LogP contribution in [0, 0.1) is 5.92 Å². The Morgan fingerprint density at radius 1 is 1.26 bits per heavy atom. The summed E-state index contributed by atoms with van der Waals surface area (Å²) in [5, 5.41) is 3.41. The molecule has 3 nitrogen and oxygen atoms in total. The molecule has 19 heavy (non-hydrogen) atoms. The molecular formula is C16H20N2O. The second-order valence-electron chi connectivity index (χ2n) is 5.27. The number of nitrogens with one attached hydrogen (secondary N) is 1. The van der Waals surface area contributed by atoms with Crippen molar-refractivity contribution in [3.8, 4) is 0 Å². The first-order valence-electron chi connectivity index (χ1n) is 7.15. The van der Waals surface area contributed by atoms with E-state index in [1.165, 1.54) is 0 Å². The van der Waals surface area contributed by atoms with Gasteiger partial charge in [0.05, 0.1) is 11.4 Å². The molecule has 2 aliphatic rings. The van der Waals surface area contributed by atoms with Gasteiger partial charge in [0, 0.05) is 19.0 Å². The Morgan fingerprint density at radius 3 is 3.00 bits per heavy atom. The minimum absolute atomic E-state index is 0.163. The molecule has 1 amide bonds. The number of amides is 1. The van der Waals surface area contributed by atoms with Gasteiger partial charge < -0.3 is 10.2 Å².